The molecule has 0 radical (unpaired) electrons. The standard InChI is InChI=1S/C18H21ClN2O3/c1-2-24-18(23)17(22)16(21-20)10-12-6-8-13(9-7-12)14-4-3-5-15(19)11-14/h3-9,11,16-17,21-22H,2,10,20H2,1H3. The molecule has 0 spiro atoms. The number of rotatable bonds is 7. The summed E-state index contributed by atoms with van der Waals surface area (Å²) in [5.41, 5.74) is 5.47. The first-order valence-corrected chi connectivity index (χ1v) is 8.08. The number of halogens is 1. The molecule has 0 aromatic heterocycles. The second kappa shape index (κ2) is 8.80. The van der Waals surface area contributed by atoms with Crippen LogP contribution in [0.5, 0.6) is 0 Å². The lowest BCUT2D eigenvalue weighted by molar-refractivity contribution is -0.154. The molecule has 0 aliphatic rings. The fourth-order valence-electron chi connectivity index (χ4n) is 2.41. The number of hydrogen-bond acceptors (Lipinski definition) is 5. The molecule has 0 aliphatic heterocycles. The monoisotopic (exact) mass is 348 g/mol. The van der Waals surface area contributed by atoms with Crippen molar-refractivity contribution in [2.45, 2.75) is 25.5 Å². The molecule has 0 saturated carbocycles. The predicted octanol–water partition coefficient (Wildman–Crippen LogP) is 2.31. The fraction of sp³-hybridized carbons (Fsp3) is 0.278. The minimum atomic E-state index is -1.32. The second-order valence-electron chi connectivity index (χ2n) is 5.38. The minimum absolute atomic E-state index is 0.210. The fourth-order valence-corrected chi connectivity index (χ4v) is 2.60. The van der Waals surface area contributed by atoms with Gasteiger partial charge in [-0.2, -0.15) is 0 Å². The van der Waals surface area contributed by atoms with Gasteiger partial charge in [0, 0.05) is 5.02 Å². The molecule has 2 aromatic carbocycles. The minimum Gasteiger partial charge on any atom is -0.464 e. The summed E-state index contributed by atoms with van der Waals surface area (Å²) in [6.45, 7) is 1.89. The number of esters is 1. The van der Waals surface area contributed by atoms with Crippen LogP contribution in [-0.4, -0.2) is 29.8 Å². The molecular weight excluding hydrogens is 328 g/mol. The quantitative estimate of drug-likeness (QED) is 0.406. The van der Waals surface area contributed by atoms with Gasteiger partial charge >= 0.3 is 5.97 Å². The van der Waals surface area contributed by atoms with Crippen molar-refractivity contribution in [1.29, 1.82) is 0 Å². The van der Waals surface area contributed by atoms with Crippen LogP contribution in [-0.2, 0) is 16.0 Å². The third kappa shape index (κ3) is 4.79. The largest absolute Gasteiger partial charge is 0.464 e. The van der Waals surface area contributed by atoms with Crippen molar-refractivity contribution in [3.05, 3.63) is 59.1 Å². The van der Waals surface area contributed by atoms with Gasteiger partial charge < -0.3 is 9.84 Å². The van der Waals surface area contributed by atoms with E-state index < -0.39 is 18.1 Å². The number of ether oxygens (including phenoxy) is 1. The van der Waals surface area contributed by atoms with Crippen LogP contribution in [0.2, 0.25) is 5.02 Å². The number of benzene rings is 2. The molecule has 0 bridgehead atoms. The van der Waals surface area contributed by atoms with Crippen molar-refractivity contribution in [3.8, 4) is 11.1 Å². The Kier molecular flexibility index (Phi) is 6.75. The summed E-state index contributed by atoms with van der Waals surface area (Å²) < 4.78 is 4.82. The SMILES string of the molecule is CCOC(=O)C(O)C(Cc1ccc(-c2cccc(Cl)c2)cc1)NN. The lowest BCUT2D eigenvalue weighted by Crippen LogP contribution is -2.49. The summed E-state index contributed by atoms with van der Waals surface area (Å²) in [5.74, 6) is 4.78. The first-order chi connectivity index (χ1) is 11.5. The van der Waals surface area contributed by atoms with Crippen molar-refractivity contribution in [2.24, 2.45) is 5.84 Å². The molecule has 0 heterocycles. The van der Waals surface area contributed by atoms with E-state index in [4.69, 9.17) is 22.2 Å². The average Bonchev–Trinajstić information content (AvgIpc) is 2.60. The molecule has 0 fully saturated rings. The Bertz CT molecular complexity index is 676. The number of nitrogens with one attached hydrogen (secondary N) is 1. The summed E-state index contributed by atoms with van der Waals surface area (Å²) in [7, 11) is 0. The second-order valence-corrected chi connectivity index (χ2v) is 5.82. The number of aliphatic hydroxyl groups is 1. The van der Waals surface area contributed by atoms with Crippen LogP contribution in [0.1, 0.15) is 12.5 Å². The number of nitrogens with two attached hydrogens (primary N) is 1. The van der Waals surface area contributed by atoms with Gasteiger partial charge in [-0.1, -0.05) is 48.0 Å². The molecule has 4 N–H and O–H groups in total. The Balaban J connectivity index is 2.08. The molecule has 0 aliphatic carbocycles. The highest BCUT2D eigenvalue weighted by Gasteiger charge is 2.26. The zero-order valence-corrected chi connectivity index (χ0v) is 14.2. The highest BCUT2D eigenvalue weighted by molar-refractivity contribution is 6.30. The predicted molar refractivity (Wildman–Crippen MR) is 94.3 cm³/mol. The maximum Gasteiger partial charge on any atom is 0.336 e. The van der Waals surface area contributed by atoms with Crippen molar-refractivity contribution in [1.82, 2.24) is 5.43 Å². The van der Waals surface area contributed by atoms with Gasteiger partial charge in [0.2, 0.25) is 0 Å². The molecule has 128 valence electrons. The van der Waals surface area contributed by atoms with E-state index in [1.165, 1.54) is 0 Å². The van der Waals surface area contributed by atoms with E-state index in [0.29, 0.717) is 11.4 Å². The van der Waals surface area contributed by atoms with Gasteiger partial charge in [-0.3, -0.25) is 11.3 Å². The molecule has 0 saturated heterocycles. The van der Waals surface area contributed by atoms with Gasteiger partial charge in [0.25, 0.3) is 0 Å². The van der Waals surface area contributed by atoms with E-state index in [9.17, 15) is 9.90 Å². The lowest BCUT2D eigenvalue weighted by atomic mass is 9.98. The average molecular weight is 349 g/mol. The smallest absolute Gasteiger partial charge is 0.336 e. The van der Waals surface area contributed by atoms with E-state index in [0.717, 1.165) is 16.7 Å². The lowest BCUT2D eigenvalue weighted by Gasteiger charge is -2.20. The number of aliphatic hydroxyl groups excluding tert-OH is 1. The third-order valence-electron chi connectivity index (χ3n) is 3.69. The molecule has 6 heteroatoms. The molecule has 24 heavy (non-hydrogen) atoms. The molecule has 2 aromatic rings. The van der Waals surface area contributed by atoms with Crippen molar-refractivity contribution < 1.29 is 14.6 Å². The highest BCUT2D eigenvalue weighted by atomic mass is 35.5. The molecule has 5 nitrogen and oxygen atoms in total. The summed E-state index contributed by atoms with van der Waals surface area (Å²) in [4.78, 5) is 11.6. The van der Waals surface area contributed by atoms with Crippen LogP contribution < -0.4 is 11.3 Å². The Morgan fingerprint density at radius 1 is 1.25 bits per heavy atom. The Morgan fingerprint density at radius 2 is 1.96 bits per heavy atom. The first kappa shape index (κ1) is 18.4. The van der Waals surface area contributed by atoms with E-state index in [1.807, 2.05) is 48.5 Å². The zero-order chi connectivity index (χ0) is 17.5. The summed E-state index contributed by atoms with van der Waals surface area (Å²) >= 11 is 6.01. The normalized spacial score (nSPS) is 13.3. The number of hydrogen-bond donors (Lipinski definition) is 3. The first-order valence-electron chi connectivity index (χ1n) is 7.71. The highest BCUT2D eigenvalue weighted by Crippen LogP contribution is 2.23. The summed E-state index contributed by atoms with van der Waals surface area (Å²) in [6.07, 6.45) is -0.922. The van der Waals surface area contributed by atoms with E-state index in [-0.39, 0.29) is 6.61 Å². The van der Waals surface area contributed by atoms with E-state index in [2.05, 4.69) is 5.43 Å². The van der Waals surface area contributed by atoms with Crippen molar-refractivity contribution in [3.63, 3.8) is 0 Å². The zero-order valence-electron chi connectivity index (χ0n) is 13.4. The van der Waals surface area contributed by atoms with Crippen LogP contribution in [0.25, 0.3) is 11.1 Å². The molecule has 2 atom stereocenters. The van der Waals surface area contributed by atoms with Crippen LogP contribution in [0.15, 0.2) is 48.5 Å². The van der Waals surface area contributed by atoms with Gasteiger partial charge in [-0.25, -0.2) is 4.79 Å². The number of carbonyl (C=O) groups is 1. The molecule has 0 amide bonds. The van der Waals surface area contributed by atoms with Crippen LogP contribution in [0.3, 0.4) is 0 Å². The van der Waals surface area contributed by atoms with E-state index >= 15 is 0 Å². The topological polar surface area (TPSA) is 84.6 Å². The maximum atomic E-state index is 11.6. The van der Waals surface area contributed by atoms with Gasteiger partial charge in [0.05, 0.1) is 12.6 Å². The molecule has 2 rings (SSSR count). The van der Waals surface area contributed by atoms with Crippen LogP contribution in [0.4, 0.5) is 0 Å². The Morgan fingerprint density at radius 3 is 2.54 bits per heavy atom. The maximum absolute atomic E-state index is 11.6. The number of hydrazine groups is 1. The Hall–Kier alpha value is -1.92. The Labute approximate surface area is 146 Å². The summed E-state index contributed by atoms with van der Waals surface area (Å²) in [5, 5.41) is 10.7. The van der Waals surface area contributed by atoms with Gasteiger partial charge in [-0.05, 0) is 42.2 Å². The van der Waals surface area contributed by atoms with Crippen LogP contribution >= 0.6 is 11.6 Å². The van der Waals surface area contributed by atoms with Gasteiger partial charge in [0.15, 0.2) is 6.10 Å². The van der Waals surface area contributed by atoms with Crippen molar-refractivity contribution in [2.75, 3.05) is 6.61 Å². The molecule has 2 unspecified atom stereocenters. The summed E-state index contributed by atoms with van der Waals surface area (Å²) in [6, 6.07) is 14.8. The van der Waals surface area contributed by atoms with Gasteiger partial charge in [0.1, 0.15) is 0 Å². The van der Waals surface area contributed by atoms with Crippen LogP contribution in [0, 0.1) is 0 Å². The third-order valence-corrected chi connectivity index (χ3v) is 3.93. The van der Waals surface area contributed by atoms with Gasteiger partial charge in [-0.15, -0.1) is 0 Å². The number of carbonyl (C=O) groups excluding carboxylic acids is 1. The molecular formula is C18H21ClN2O3. The van der Waals surface area contributed by atoms with Crippen molar-refractivity contribution >= 4 is 17.6 Å². The van der Waals surface area contributed by atoms with E-state index in [1.54, 1.807) is 6.92 Å².